The first-order valence-electron chi connectivity index (χ1n) is 9.85. The molecule has 3 heterocycles. The van der Waals surface area contributed by atoms with E-state index in [0.29, 0.717) is 21.8 Å². The molecule has 1 aromatic carbocycles. The second-order valence-corrected chi connectivity index (χ2v) is 9.18. The highest BCUT2D eigenvalue weighted by Gasteiger charge is 2.33. The van der Waals surface area contributed by atoms with Gasteiger partial charge in [-0.1, -0.05) is 11.6 Å². The second kappa shape index (κ2) is 8.65. The molecular weight excluding hydrogens is 424 g/mol. The van der Waals surface area contributed by atoms with Crippen LogP contribution in [0.1, 0.15) is 29.1 Å². The summed E-state index contributed by atoms with van der Waals surface area (Å²) in [5.41, 5.74) is 1.80. The van der Waals surface area contributed by atoms with Crippen LogP contribution in [0, 0.1) is 0 Å². The molecule has 0 unspecified atom stereocenters. The van der Waals surface area contributed by atoms with E-state index >= 15 is 0 Å². The van der Waals surface area contributed by atoms with Gasteiger partial charge in [-0.15, -0.1) is 11.3 Å². The lowest BCUT2D eigenvalue weighted by atomic mass is 10.1. The number of carbonyl (C=O) groups excluding carboxylic acids is 2. The maximum Gasteiger partial charge on any atom is 0.414 e. The third kappa shape index (κ3) is 4.29. The Balaban J connectivity index is 1.36. The van der Waals surface area contributed by atoms with Gasteiger partial charge in [-0.05, 0) is 50.2 Å². The van der Waals surface area contributed by atoms with E-state index < -0.39 is 12.2 Å². The number of hydrogen-bond donors (Lipinski definition) is 1. The number of thiophene rings is 1. The van der Waals surface area contributed by atoms with Crippen molar-refractivity contribution in [3.63, 3.8) is 0 Å². The van der Waals surface area contributed by atoms with Gasteiger partial charge in [0, 0.05) is 23.8 Å². The molecule has 0 bridgehead atoms. The first-order chi connectivity index (χ1) is 14.4. The summed E-state index contributed by atoms with van der Waals surface area (Å²) in [6.45, 7) is 6.66. The molecule has 0 radical (unpaired) electrons. The summed E-state index contributed by atoms with van der Waals surface area (Å²) in [4.78, 5) is 33.5. The Labute approximate surface area is 184 Å². The molecule has 2 aliphatic heterocycles. The lowest BCUT2D eigenvalue weighted by Gasteiger charge is -2.25. The van der Waals surface area contributed by atoms with Gasteiger partial charge in [-0.25, -0.2) is 4.79 Å². The number of anilines is 1. The third-order valence-corrected chi connectivity index (χ3v) is 6.33. The van der Waals surface area contributed by atoms with Gasteiger partial charge in [0.2, 0.25) is 0 Å². The van der Waals surface area contributed by atoms with E-state index in [1.165, 1.54) is 11.3 Å². The van der Waals surface area contributed by atoms with E-state index in [4.69, 9.17) is 16.3 Å². The number of halogens is 1. The zero-order valence-electron chi connectivity index (χ0n) is 16.8. The molecule has 7 nitrogen and oxygen atoms in total. The maximum atomic E-state index is 12.3. The summed E-state index contributed by atoms with van der Waals surface area (Å²) in [6.07, 6.45) is -0.824. The number of nitrogens with zero attached hydrogens (tertiary/aromatic N) is 3. The monoisotopic (exact) mass is 446 g/mol. The van der Waals surface area contributed by atoms with Crippen molar-refractivity contribution in [3.8, 4) is 0 Å². The fraction of sp³-hybridized carbons (Fsp3) is 0.381. The Kier molecular flexibility index (Phi) is 5.97. The number of amides is 2. The van der Waals surface area contributed by atoms with Crippen molar-refractivity contribution in [1.82, 2.24) is 10.2 Å². The highest BCUT2D eigenvalue weighted by molar-refractivity contribution is 7.18. The number of carbonyl (C=O) groups is 2. The van der Waals surface area contributed by atoms with E-state index in [-0.39, 0.29) is 12.5 Å². The topological polar surface area (TPSA) is 74.2 Å². The highest BCUT2D eigenvalue weighted by atomic mass is 35.5. The summed E-state index contributed by atoms with van der Waals surface area (Å²) >= 11 is 7.08. The van der Waals surface area contributed by atoms with Crippen LogP contribution in [0.2, 0.25) is 4.34 Å². The van der Waals surface area contributed by atoms with Gasteiger partial charge in [0.15, 0.2) is 0 Å². The molecule has 158 valence electrons. The molecule has 1 aromatic heterocycles. The number of hydrogen-bond acceptors (Lipinski definition) is 6. The van der Waals surface area contributed by atoms with Gasteiger partial charge in [0.05, 0.1) is 28.8 Å². The number of benzene rings is 1. The summed E-state index contributed by atoms with van der Waals surface area (Å²) in [5.74, 6) is 0.771. The number of cyclic esters (lactones) is 1. The molecule has 0 spiro atoms. The highest BCUT2D eigenvalue weighted by Crippen LogP contribution is 2.24. The van der Waals surface area contributed by atoms with Crippen molar-refractivity contribution in [3.05, 3.63) is 51.2 Å². The van der Waals surface area contributed by atoms with Crippen molar-refractivity contribution < 1.29 is 14.3 Å². The first kappa shape index (κ1) is 20.7. The van der Waals surface area contributed by atoms with Gasteiger partial charge in [-0.3, -0.25) is 14.7 Å². The molecule has 2 aliphatic rings. The maximum absolute atomic E-state index is 12.3. The van der Waals surface area contributed by atoms with Crippen LogP contribution in [0.3, 0.4) is 0 Å². The molecule has 2 amide bonds. The van der Waals surface area contributed by atoms with Crippen molar-refractivity contribution in [2.24, 2.45) is 4.99 Å². The molecular formula is C21H23ClN4O3S. The summed E-state index contributed by atoms with van der Waals surface area (Å²) in [6, 6.07) is 11.5. The normalized spacial score (nSPS) is 18.7. The quantitative estimate of drug-likeness (QED) is 0.735. The molecule has 0 saturated carbocycles. The fourth-order valence-electron chi connectivity index (χ4n) is 3.58. The van der Waals surface area contributed by atoms with E-state index in [0.717, 1.165) is 30.2 Å². The van der Waals surface area contributed by atoms with Crippen LogP contribution in [-0.4, -0.2) is 61.1 Å². The standard InChI is InChI=1S/C21H23ClN4O3S/c1-13(2)25-10-9-23-19(25)14-3-5-15(6-4-14)26-12-16(29-21(26)28)11-24-20(27)17-7-8-18(22)30-17/h3-8,13,16H,9-12H2,1-2H3,(H,24,27)/t16-/m0/s1. The van der Waals surface area contributed by atoms with E-state index in [2.05, 4.69) is 29.1 Å². The van der Waals surface area contributed by atoms with Gasteiger partial charge in [0.25, 0.3) is 5.91 Å². The molecule has 1 saturated heterocycles. The Morgan fingerprint density at radius 3 is 2.73 bits per heavy atom. The number of nitrogens with one attached hydrogen (secondary N) is 1. The number of rotatable bonds is 6. The summed E-state index contributed by atoms with van der Waals surface area (Å²) in [7, 11) is 0. The number of aliphatic imine (C=N–C) groups is 1. The average molecular weight is 447 g/mol. The van der Waals surface area contributed by atoms with Gasteiger partial charge < -0.3 is 15.0 Å². The van der Waals surface area contributed by atoms with Crippen molar-refractivity contribution >= 4 is 46.5 Å². The zero-order chi connectivity index (χ0) is 21.3. The molecule has 1 fully saturated rings. The van der Waals surface area contributed by atoms with Crippen LogP contribution in [-0.2, 0) is 4.74 Å². The van der Waals surface area contributed by atoms with Crippen molar-refractivity contribution in [2.75, 3.05) is 31.1 Å². The largest absolute Gasteiger partial charge is 0.442 e. The van der Waals surface area contributed by atoms with Gasteiger partial charge in [0.1, 0.15) is 11.9 Å². The van der Waals surface area contributed by atoms with Crippen LogP contribution in [0.5, 0.6) is 0 Å². The zero-order valence-corrected chi connectivity index (χ0v) is 18.4. The second-order valence-electron chi connectivity index (χ2n) is 7.47. The van der Waals surface area contributed by atoms with Crippen LogP contribution in [0.25, 0.3) is 0 Å². The number of ether oxygens (including phenoxy) is 1. The van der Waals surface area contributed by atoms with Gasteiger partial charge >= 0.3 is 6.09 Å². The lowest BCUT2D eigenvalue weighted by molar-refractivity contribution is 0.0920. The van der Waals surface area contributed by atoms with Crippen LogP contribution in [0.15, 0.2) is 41.4 Å². The molecule has 30 heavy (non-hydrogen) atoms. The Morgan fingerprint density at radius 2 is 2.07 bits per heavy atom. The minimum absolute atomic E-state index is 0.224. The van der Waals surface area contributed by atoms with Crippen molar-refractivity contribution in [1.29, 1.82) is 0 Å². The fourth-order valence-corrected chi connectivity index (χ4v) is 4.54. The molecule has 1 N–H and O–H groups in total. The Hall–Kier alpha value is -2.58. The summed E-state index contributed by atoms with van der Waals surface area (Å²) in [5, 5.41) is 2.80. The predicted octanol–water partition coefficient (Wildman–Crippen LogP) is 3.63. The SMILES string of the molecule is CC(C)N1CCN=C1c1ccc(N2C[C@H](CNC(=O)c3ccc(Cl)s3)OC2=O)cc1. The van der Waals surface area contributed by atoms with E-state index in [1.807, 2.05) is 24.3 Å². The number of amidine groups is 1. The smallest absolute Gasteiger partial charge is 0.414 e. The third-order valence-electron chi connectivity index (χ3n) is 5.10. The van der Waals surface area contributed by atoms with Gasteiger partial charge in [-0.2, -0.15) is 0 Å². The minimum Gasteiger partial charge on any atom is -0.442 e. The van der Waals surface area contributed by atoms with Crippen LogP contribution >= 0.6 is 22.9 Å². The molecule has 1 atom stereocenters. The molecule has 4 rings (SSSR count). The molecule has 2 aromatic rings. The average Bonchev–Trinajstić information content (AvgIpc) is 3.46. The minimum atomic E-state index is -0.414. The van der Waals surface area contributed by atoms with Crippen LogP contribution in [0.4, 0.5) is 10.5 Å². The first-order valence-corrected chi connectivity index (χ1v) is 11.0. The van der Waals surface area contributed by atoms with Crippen LogP contribution < -0.4 is 10.2 Å². The van der Waals surface area contributed by atoms with E-state index in [1.54, 1.807) is 17.0 Å². The predicted molar refractivity (Wildman–Crippen MR) is 119 cm³/mol. The molecule has 0 aliphatic carbocycles. The molecule has 9 heteroatoms. The Morgan fingerprint density at radius 1 is 1.30 bits per heavy atom. The van der Waals surface area contributed by atoms with Crippen molar-refractivity contribution in [2.45, 2.75) is 26.0 Å². The van der Waals surface area contributed by atoms with E-state index in [9.17, 15) is 9.59 Å². The Bertz CT molecular complexity index is 973. The lowest BCUT2D eigenvalue weighted by Crippen LogP contribution is -2.35. The summed E-state index contributed by atoms with van der Waals surface area (Å²) < 4.78 is 5.97.